The summed E-state index contributed by atoms with van der Waals surface area (Å²) < 4.78 is 47.4. The Hall–Kier alpha value is -8.11. The van der Waals surface area contributed by atoms with E-state index in [-0.39, 0.29) is 67.1 Å². The number of phosphoric acid groups is 2. The zero-order valence-electron chi connectivity index (χ0n) is 50.5. The van der Waals surface area contributed by atoms with E-state index in [0.717, 1.165) is 0 Å². The van der Waals surface area contributed by atoms with Crippen molar-refractivity contribution in [2.24, 2.45) is 5.73 Å². The number of fused-ring (bicyclic) bond motifs is 4. The fourth-order valence-corrected chi connectivity index (χ4v) is 10.8. The number of rotatable bonds is 22. The van der Waals surface area contributed by atoms with Gasteiger partial charge in [-0.15, -0.1) is 0 Å². The minimum atomic E-state index is -4.64. The molecule has 93 heavy (non-hydrogen) atoms. The fourth-order valence-electron chi connectivity index (χ4n) is 10.8. The predicted molar refractivity (Wildman–Crippen MR) is 320 cm³/mol. The molecule has 2 heterocycles. The minimum absolute atomic E-state index is 0.0417. The van der Waals surface area contributed by atoms with Crippen LogP contribution in [0.3, 0.4) is 0 Å². The molecule has 2 saturated heterocycles. The van der Waals surface area contributed by atoms with E-state index in [2.05, 4.69) is 26.6 Å². The van der Waals surface area contributed by atoms with Crippen LogP contribution < -0.4 is 37.1 Å². The van der Waals surface area contributed by atoms with Crippen LogP contribution in [0.4, 0.5) is 10.5 Å². The first-order chi connectivity index (χ1) is 43.7. The van der Waals surface area contributed by atoms with Crippen molar-refractivity contribution in [3.8, 4) is 17.2 Å². The number of hydrogen-bond donors (Lipinski definition) is 16. The number of aliphatic hydroxyl groups excluding tert-OH is 1. The lowest BCUT2D eigenvalue weighted by Crippen LogP contribution is -2.56. The molecule has 2 fully saturated rings. The highest BCUT2D eigenvalue weighted by atomic mass is 31.2. The number of aromatic hydroxyl groups is 2. The zero-order valence-corrected chi connectivity index (χ0v) is 52.2. The van der Waals surface area contributed by atoms with E-state index in [9.17, 15) is 63.6 Å². The van der Waals surface area contributed by atoms with Gasteiger partial charge in [-0.25, -0.2) is 13.9 Å². The Balaban J connectivity index is 0.00000127. The number of nitrogens with two attached hydrogens (primary N) is 1. The zero-order chi connectivity index (χ0) is 68.9. The second-order valence-electron chi connectivity index (χ2n) is 21.9. The molecule has 35 heteroatoms. The molecular weight excluding hydrogens is 1270 g/mol. The molecule has 6 amide bonds. The molecule has 0 spiro atoms. The van der Waals surface area contributed by atoms with Crippen molar-refractivity contribution in [2.75, 3.05) is 38.9 Å². The molecule has 0 unspecified atom stereocenters. The number of nitrogens with one attached hydrogen (secondary N) is 5. The summed E-state index contributed by atoms with van der Waals surface area (Å²) >= 11 is 0. The molecule has 0 aromatic heterocycles. The number of amides is 6. The van der Waals surface area contributed by atoms with Gasteiger partial charge in [0.15, 0.2) is 17.9 Å². The minimum Gasteiger partial charge on any atom is -0.507 e. The highest BCUT2D eigenvalue weighted by Gasteiger charge is 2.52. The number of carbonyl (C=O) groups excluding carboxylic acids is 9. The number of benzene rings is 4. The maximum Gasteiger partial charge on any atom is 0.466 e. The number of unbranched alkanes of at least 4 members (excludes halogenated alkanes) is 1. The van der Waals surface area contributed by atoms with Gasteiger partial charge in [0.2, 0.25) is 35.3 Å². The van der Waals surface area contributed by atoms with Crippen LogP contribution in [0.25, 0.3) is 0 Å². The van der Waals surface area contributed by atoms with E-state index in [1.165, 1.54) is 44.1 Å². The highest BCUT2D eigenvalue weighted by Crippen LogP contribution is 2.53. The van der Waals surface area contributed by atoms with Crippen LogP contribution in [0.5, 0.6) is 17.2 Å². The van der Waals surface area contributed by atoms with Crippen molar-refractivity contribution >= 4 is 74.3 Å². The molecule has 4 aliphatic rings. The van der Waals surface area contributed by atoms with Crippen molar-refractivity contribution in [1.29, 1.82) is 0 Å². The molecular formula is C58H73N7O26P2. The monoisotopic (exact) mass is 1350 g/mol. The molecule has 33 nitrogen and oxygen atoms in total. The SMILES string of the molecule is COc1cccc2c1C(=O)c1c(O)c3c(c(O)c1C2=O)C[C@@](O)(C(=O)CO)C[C@@H]3O[C@H]1C[C@H]2[C@H](OCN2C(=O)OCc2ccc(NC(=O)[C@H](CCCCN)NC(=O)[C@H](Cc3ccccc3)NC(=O)[C@@H](C)NC(=O)CNC(C)=O)cc2)[C@H](C)O1.O=P(O)(O)O.O=P(O)(O)O. The molecule has 0 bridgehead atoms. The Morgan fingerprint density at radius 1 is 0.796 bits per heavy atom. The third-order valence-corrected chi connectivity index (χ3v) is 15.1. The molecule has 4 aromatic rings. The molecule has 0 saturated carbocycles. The first-order valence-electron chi connectivity index (χ1n) is 28.6. The molecule has 2 aliphatic heterocycles. The lowest BCUT2D eigenvalue weighted by molar-refractivity contribution is -0.246. The Morgan fingerprint density at radius 3 is 2.04 bits per heavy atom. The summed E-state index contributed by atoms with van der Waals surface area (Å²) in [6.45, 7) is 2.78. The summed E-state index contributed by atoms with van der Waals surface area (Å²) in [6, 6.07) is 15.5. The van der Waals surface area contributed by atoms with Crippen molar-refractivity contribution < 1.29 is 126 Å². The second-order valence-corrected chi connectivity index (χ2v) is 23.9. The standard InChI is InChI=1S/C58H67N7O18.2H3O4P/c1-29(61-43(69)25-60-31(3)67)54(74)64-38(21-32-11-6-5-7-12-32)56(76)63-37(14-8-9-20-59)55(75)62-34-18-16-33(17-19-34)27-80-57(77)65-28-81-53-30(2)82-44(22-39(53)65)83-41-24-58(78,42(68)26-66)23-36-46(41)52(73)48-47(50(36)71)49(70)35-13-10-15-40(79-4)45(35)51(48)72;2*1-5(2,3)4/h5-7,10-13,15-19,29-30,37-39,41,44,53,66,71,73,78H,8-9,14,20-28,59H2,1-4H3,(H,60,67)(H,61,69)(H,62,75)(H,63,76)(H,64,74);2*(H3,1,2,3,4)/t29-,30+,37+,38+,39+,41+,44+,53-,58+;;/m1../s1. The predicted octanol–water partition coefficient (Wildman–Crippen LogP) is -0.260. The van der Waals surface area contributed by atoms with Crippen molar-refractivity contribution in [3.05, 3.63) is 117 Å². The number of methoxy groups -OCH3 is 1. The Bertz CT molecular complexity index is 3500. The number of phenolic OH excluding ortho intramolecular Hbond substituents is 2. The van der Waals surface area contributed by atoms with Gasteiger partial charge in [-0.2, -0.15) is 0 Å². The summed E-state index contributed by atoms with van der Waals surface area (Å²) in [6.07, 6.45) is -4.99. The number of ketones is 3. The van der Waals surface area contributed by atoms with E-state index >= 15 is 0 Å². The number of nitrogens with zero attached hydrogens (tertiary/aromatic N) is 1. The normalized spacial score (nSPS) is 20.5. The average molecular weight is 1350 g/mol. The lowest BCUT2D eigenvalue weighted by Gasteiger charge is -2.42. The van der Waals surface area contributed by atoms with Gasteiger partial charge in [0.1, 0.15) is 67.0 Å². The number of hydrogen-bond acceptors (Lipinski definition) is 21. The first-order valence-corrected chi connectivity index (χ1v) is 31.7. The molecule has 8 rings (SSSR count). The number of anilines is 1. The van der Waals surface area contributed by atoms with E-state index < -0.39 is 165 Å². The smallest absolute Gasteiger partial charge is 0.466 e. The van der Waals surface area contributed by atoms with Crippen LogP contribution in [0, 0.1) is 0 Å². The van der Waals surface area contributed by atoms with Gasteiger partial charge in [-0.3, -0.25) is 43.3 Å². The van der Waals surface area contributed by atoms with Crippen LogP contribution in [-0.2, 0) is 76.3 Å². The maximum atomic E-state index is 14.1. The molecule has 506 valence electrons. The van der Waals surface area contributed by atoms with Gasteiger partial charge in [0.25, 0.3) is 0 Å². The number of carbonyl (C=O) groups is 9. The quantitative estimate of drug-likeness (QED) is 0.0241. The topological polar surface area (TPSA) is 526 Å². The Kier molecular flexibility index (Phi) is 25.6. The lowest BCUT2D eigenvalue weighted by atomic mass is 9.72. The largest absolute Gasteiger partial charge is 0.507 e. The number of ether oxygens (including phenoxy) is 5. The van der Waals surface area contributed by atoms with Gasteiger partial charge in [-0.05, 0) is 69.0 Å². The molecule has 17 N–H and O–H groups in total. The third-order valence-electron chi connectivity index (χ3n) is 15.1. The fraction of sp³-hybridized carbons (Fsp3) is 0.431. The van der Waals surface area contributed by atoms with Crippen LogP contribution in [0.2, 0.25) is 0 Å². The first kappa shape index (κ1) is 73.9. The highest BCUT2D eigenvalue weighted by molar-refractivity contribution is 7.45. The van der Waals surface area contributed by atoms with Crippen LogP contribution in [-0.4, -0.2) is 189 Å². The van der Waals surface area contributed by atoms with E-state index in [1.54, 1.807) is 61.5 Å². The number of aliphatic hydroxyl groups is 2. The number of phenols is 2. The van der Waals surface area contributed by atoms with Gasteiger partial charge in [0, 0.05) is 55.0 Å². The Labute approximate surface area is 530 Å². The molecule has 2 aliphatic carbocycles. The average Bonchev–Trinajstić information content (AvgIpc) is 1.06. The summed E-state index contributed by atoms with van der Waals surface area (Å²) in [4.78, 5) is 164. The van der Waals surface area contributed by atoms with E-state index in [1.807, 2.05) is 0 Å². The van der Waals surface area contributed by atoms with Gasteiger partial charge in [0.05, 0.1) is 48.6 Å². The van der Waals surface area contributed by atoms with Crippen LogP contribution in [0.15, 0.2) is 72.8 Å². The maximum absolute atomic E-state index is 14.1. The molecule has 0 radical (unpaired) electrons. The summed E-state index contributed by atoms with van der Waals surface area (Å²) in [5, 5.41) is 58.5. The molecule has 4 aromatic carbocycles. The Morgan fingerprint density at radius 2 is 1.43 bits per heavy atom. The van der Waals surface area contributed by atoms with Crippen molar-refractivity contribution in [2.45, 2.75) is 127 Å². The second kappa shape index (κ2) is 32.2. The van der Waals surface area contributed by atoms with Crippen LogP contribution >= 0.6 is 15.6 Å². The number of Topliss-reactive ketones (excluding diaryl/α,β-unsaturated/α-hetero) is 1. The van der Waals surface area contributed by atoms with Gasteiger partial charge in [-0.1, -0.05) is 54.6 Å². The van der Waals surface area contributed by atoms with Gasteiger partial charge < -0.3 is 106 Å². The summed E-state index contributed by atoms with van der Waals surface area (Å²) in [5.74, 6) is -7.14. The van der Waals surface area contributed by atoms with E-state index in [4.69, 9.17) is 67.9 Å². The van der Waals surface area contributed by atoms with Crippen molar-refractivity contribution in [3.63, 3.8) is 0 Å². The molecule has 9 atom stereocenters. The van der Waals surface area contributed by atoms with Crippen molar-refractivity contribution in [1.82, 2.24) is 26.2 Å². The summed E-state index contributed by atoms with van der Waals surface area (Å²) in [5.41, 5.74) is 3.14. The van der Waals surface area contributed by atoms with Crippen LogP contribution in [0.1, 0.15) is 113 Å². The third kappa shape index (κ3) is 20.0. The van der Waals surface area contributed by atoms with E-state index in [0.29, 0.717) is 36.2 Å². The van der Waals surface area contributed by atoms with Gasteiger partial charge >= 0.3 is 21.7 Å². The summed E-state index contributed by atoms with van der Waals surface area (Å²) in [7, 11) is -7.98.